The van der Waals surface area contributed by atoms with Gasteiger partial charge in [-0.2, -0.15) is 4.31 Å². The minimum absolute atomic E-state index is 0.00819. The lowest BCUT2D eigenvalue weighted by molar-refractivity contribution is -0.126. The zero-order valence-electron chi connectivity index (χ0n) is 19.2. The zero-order valence-corrected chi connectivity index (χ0v) is 20.0. The van der Waals surface area contributed by atoms with Crippen molar-refractivity contribution in [1.82, 2.24) is 14.6 Å². The number of nitrogens with one attached hydrogen (secondary N) is 1. The number of hydrogen-bond acceptors (Lipinski definition) is 5. The van der Waals surface area contributed by atoms with Crippen LogP contribution in [0.2, 0.25) is 0 Å². The van der Waals surface area contributed by atoms with Crippen LogP contribution in [0.1, 0.15) is 57.8 Å². The fraction of sp³-hybridized carbons (Fsp3) is 0.600. The topological polar surface area (TPSA) is 82.6 Å². The maximum absolute atomic E-state index is 12.9. The number of amides is 1. The van der Waals surface area contributed by atoms with Gasteiger partial charge in [0.1, 0.15) is 5.82 Å². The number of piperidine rings is 1. The molecule has 2 aromatic rings. The number of fused-ring (bicyclic) bond motifs is 1. The first-order valence-electron chi connectivity index (χ1n) is 12.5. The first-order valence-corrected chi connectivity index (χ1v) is 13.9. The Bertz CT molecular complexity index is 1110. The van der Waals surface area contributed by atoms with Crippen LogP contribution < -0.4 is 10.2 Å². The summed E-state index contributed by atoms with van der Waals surface area (Å²) >= 11 is 0. The maximum atomic E-state index is 12.9. The summed E-state index contributed by atoms with van der Waals surface area (Å²) in [5.41, 5.74) is 0.779. The van der Waals surface area contributed by atoms with Crippen LogP contribution in [0.4, 0.5) is 5.82 Å². The van der Waals surface area contributed by atoms with E-state index < -0.39 is 10.0 Å². The van der Waals surface area contributed by atoms with Gasteiger partial charge in [-0.05, 0) is 68.9 Å². The maximum Gasteiger partial charge on any atom is 0.243 e. The van der Waals surface area contributed by atoms with Crippen molar-refractivity contribution in [2.75, 3.05) is 31.1 Å². The molecule has 8 heteroatoms. The Hall–Kier alpha value is -2.19. The molecule has 1 aromatic heterocycles. The van der Waals surface area contributed by atoms with E-state index in [9.17, 15) is 13.2 Å². The first kappa shape index (κ1) is 22.6. The molecule has 33 heavy (non-hydrogen) atoms. The Labute approximate surface area is 196 Å². The van der Waals surface area contributed by atoms with E-state index in [-0.39, 0.29) is 11.8 Å². The van der Waals surface area contributed by atoms with Crippen molar-refractivity contribution in [1.29, 1.82) is 0 Å². The number of anilines is 1. The van der Waals surface area contributed by atoms with Gasteiger partial charge in [0, 0.05) is 37.6 Å². The second-order valence-electron chi connectivity index (χ2n) is 9.76. The molecular formula is C25H34N4O3S. The number of pyridine rings is 1. The third-order valence-corrected chi connectivity index (χ3v) is 9.31. The standard InChI is InChI=1S/C25H34N4O3S/c30-25(26-21-8-2-1-3-9-21)20-7-6-14-28(18-20)24-13-10-19-17-22(11-12-23(19)27-24)33(31,32)29-15-4-5-16-29/h10-13,17,20-21H,1-9,14-16,18H2,(H,26,30)/t20-/m1/s1. The van der Waals surface area contributed by atoms with E-state index in [1.54, 1.807) is 22.5 Å². The molecule has 5 rings (SSSR count). The van der Waals surface area contributed by atoms with Gasteiger partial charge in [-0.25, -0.2) is 13.4 Å². The van der Waals surface area contributed by atoms with Crippen molar-refractivity contribution in [3.63, 3.8) is 0 Å². The molecule has 0 unspecified atom stereocenters. The molecule has 1 amide bonds. The number of aromatic nitrogens is 1. The van der Waals surface area contributed by atoms with E-state index in [1.807, 2.05) is 12.1 Å². The number of carbonyl (C=O) groups excluding carboxylic acids is 1. The monoisotopic (exact) mass is 470 g/mol. The molecule has 3 heterocycles. The van der Waals surface area contributed by atoms with Crippen molar-refractivity contribution in [2.24, 2.45) is 5.92 Å². The number of sulfonamides is 1. The lowest BCUT2D eigenvalue weighted by Crippen LogP contribution is -2.46. The van der Waals surface area contributed by atoms with Crippen LogP contribution in [-0.4, -0.2) is 55.8 Å². The van der Waals surface area contributed by atoms with E-state index in [4.69, 9.17) is 4.98 Å². The Kier molecular flexibility index (Phi) is 6.56. The van der Waals surface area contributed by atoms with Crippen LogP contribution in [0.15, 0.2) is 35.2 Å². The second-order valence-corrected chi connectivity index (χ2v) is 11.7. The number of nitrogens with zero attached hydrogens (tertiary/aromatic N) is 3. The van der Waals surface area contributed by atoms with Gasteiger partial charge in [-0.3, -0.25) is 4.79 Å². The normalized spacial score (nSPS) is 23.2. The molecule has 3 aliphatic rings. The summed E-state index contributed by atoms with van der Waals surface area (Å²) in [6.45, 7) is 2.76. The van der Waals surface area contributed by atoms with Crippen LogP contribution in [0, 0.1) is 5.92 Å². The lowest BCUT2D eigenvalue weighted by Gasteiger charge is -2.34. The van der Waals surface area contributed by atoms with Gasteiger partial charge in [0.15, 0.2) is 0 Å². The van der Waals surface area contributed by atoms with Crippen molar-refractivity contribution < 1.29 is 13.2 Å². The summed E-state index contributed by atoms with van der Waals surface area (Å²) in [6.07, 6.45) is 9.64. The lowest BCUT2D eigenvalue weighted by atomic mass is 9.93. The van der Waals surface area contributed by atoms with E-state index in [1.165, 1.54) is 19.3 Å². The molecule has 178 valence electrons. The fourth-order valence-corrected chi connectivity index (χ4v) is 7.03. The molecule has 2 saturated heterocycles. The molecule has 1 atom stereocenters. The molecular weight excluding hydrogens is 436 g/mol. The Morgan fingerprint density at radius 3 is 2.48 bits per heavy atom. The molecule has 1 aromatic carbocycles. The quantitative estimate of drug-likeness (QED) is 0.721. The fourth-order valence-electron chi connectivity index (χ4n) is 5.47. The van der Waals surface area contributed by atoms with E-state index >= 15 is 0 Å². The van der Waals surface area contributed by atoms with Crippen molar-refractivity contribution in [3.8, 4) is 0 Å². The first-order chi connectivity index (χ1) is 16.0. The van der Waals surface area contributed by atoms with Crippen molar-refractivity contribution in [3.05, 3.63) is 30.3 Å². The summed E-state index contributed by atoms with van der Waals surface area (Å²) in [7, 11) is -3.44. The zero-order chi connectivity index (χ0) is 22.8. The van der Waals surface area contributed by atoms with E-state index in [0.29, 0.717) is 30.6 Å². The SMILES string of the molecule is O=C(NC1CCCCC1)[C@@H]1CCCN(c2ccc3cc(S(=O)(=O)N4CCCC4)ccc3n2)C1. The summed E-state index contributed by atoms with van der Waals surface area (Å²) in [5, 5.41) is 4.11. The predicted molar refractivity (Wildman–Crippen MR) is 130 cm³/mol. The number of rotatable bonds is 5. The minimum Gasteiger partial charge on any atom is -0.356 e. The molecule has 2 aliphatic heterocycles. The van der Waals surface area contributed by atoms with Crippen LogP contribution in [-0.2, 0) is 14.8 Å². The average Bonchev–Trinajstić information content (AvgIpc) is 3.40. The summed E-state index contributed by atoms with van der Waals surface area (Å²) < 4.78 is 27.4. The van der Waals surface area contributed by atoms with Gasteiger partial charge in [0.2, 0.25) is 15.9 Å². The molecule has 0 radical (unpaired) electrons. The van der Waals surface area contributed by atoms with Gasteiger partial charge in [-0.1, -0.05) is 19.3 Å². The molecule has 0 spiro atoms. The van der Waals surface area contributed by atoms with E-state index in [2.05, 4.69) is 10.2 Å². The largest absolute Gasteiger partial charge is 0.356 e. The predicted octanol–water partition coefficient (Wildman–Crippen LogP) is 3.68. The Balaban J connectivity index is 1.29. The highest BCUT2D eigenvalue weighted by atomic mass is 32.2. The Morgan fingerprint density at radius 2 is 1.70 bits per heavy atom. The van der Waals surface area contributed by atoms with Gasteiger partial charge < -0.3 is 10.2 Å². The van der Waals surface area contributed by atoms with Crippen molar-refractivity contribution in [2.45, 2.75) is 68.7 Å². The highest BCUT2D eigenvalue weighted by Gasteiger charge is 2.29. The van der Waals surface area contributed by atoms with Gasteiger partial charge in [-0.15, -0.1) is 0 Å². The van der Waals surface area contributed by atoms with Crippen LogP contribution in [0.5, 0.6) is 0 Å². The molecule has 0 bridgehead atoms. The van der Waals surface area contributed by atoms with Crippen molar-refractivity contribution >= 4 is 32.7 Å². The van der Waals surface area contributed by atoms with Crippen LogP contribution in [0.25, 0.3) is 10.9 Å². The summed E-state index contributed by atoms with van der Waals surface area (Å²) in [6, 6.07) is 9.45. The molecule has 7 nitrogen and oxygen atoms in total. The van der Waals surface area contributed by atoms with Gasteiger partial charge in [0.25, 0.3) is 0 Å². The summed E-state index contributed by atoms with van der Waals surface area (Å²) in [5.74, 6) is 1.03. The van der Waals surface area contributed by atoms with Gasteiger partial charge in [0.05, 0.1) is 16.3 Å². The number of benzene rings is 1. The molecule has 1 saturated carbocycles. The highest BCUT2D eigenvalue weighted by molar-refractivity contribution is 7.89. The average molecular weight is 471 g/mol. The second kappa shape index (κ2) is 9.58. The molecule has 3 fully saturated rings. The molecule has 1 aliphatic carbocycles. The van der Waals surface area contributed by atoms with Gasteiger partial charge >= 0.3 is 0 Å². The number of carbonyl (C=O) groups is 1. The molecule has 1 N–H and O–H groups in total. The smallest absolute Gasteiger partial charge is 0.243 e. The third kappa shape index (κ3) is 4.87. The third-order valence-electron chi connectivity index (χ3n) is 7.42. The number of hydrogen-bond donors (Lipinski definition) is 1. The van der Waals surface area contributed by atoms with Crippen LogP contribution >= 0.6 is 0 Å². The highest BCUT2D eigenvalue weighted by Crippen LogP contribution is 2.28. The summed E-state index contributed by atoms with van der Waals surface area (Å²) in [4.78, 5) is 20.2. The Morgan fingerprint density at radius 1 is 0.909 bits per heavy atom. The minimum atomic E-state index is -3.44. The van der Waals surface area contributed by atoms with Crippen LogP contribution in [0.3, 0.4) is 0 Å². The van der Waals surface area contributed by atoms with E-state index in [0.717, 1.165) is 61.8 Å².